The van der Waals surface area contributed by atoms with Crippen molar-refractivity contribution in [1.29, 1.82) is 0 Å². The molecule has 0 unspecified atom stereocenters. The van der Waals surface area contributed by atoms with Crippen LogP contribution in [0.25, 0.3) is 10.9 Å². The lowest BCUT2D eigenvalue weighted by atomic mass is 10.1. The number of aromatic nitrogens is 2. The molecule has 0 spiro atoms. The molecule has 32 heavy (non-hydrogen) atoms. The molecule has 2 aromatic carbocycles. The molecule has 2 heterocycles. The highest BCUT2D eigenvalue weighted by Crippen LogP contribution is 2.36. The Bertz CT molecular complexity index is 1070. The second kappa shape index (κ2) is 11.1. The zero-order valence-electron chi connectivity index (χ0n) is 17.5. The Morgan fingerprint density at radius 2 is 1.97 bits per heavy atom. The first-order chi connectivity index (χ1) is 15.6. The molecule has 1 fully saturated rings. The van der Waals surface area contributed by atoms with E-state index in [0.717, 1.165) is 36.4 Å². The van der Waals surface area contributed by atoms with Gasteiger partial charge in [-0.1, -0.05) is 27.5 Å². The number of fused-ring (bicyclic) bond motifs is 1. The van der Waals surface area contributed by atoms with Gasteiger partial charge >= 0.3 is 0 Å². The minimum Gasteiger partial charge on any atom is -0.490 e. The Hall–Kier alpha value is -2.16. The fourth-order valence-corrected chi connectivity index (χ4v) is 4.01. The van der Waals surface area contributed by atoms with Crippen LogP contribution in [-0.2, 0) is 4.74 Å². The van der Waals surface area contributed by atoms with E-state index in [1.165, 1.54) is 18.5 Å². The fraction of sp³-hybridized carbons (Fsp3) is 0.391. The van der Waals surface area contributed by atoms with Gasteiger partial charge in [-0.2, -0.15) is 0 Å². The van der Waals surface area contributed by atoms with Crippen molar-refractivity contribution in [3.8, 4) is 11.5 Å². The summed E-state index contributed by atoms with van der Waals surface area (Å²) in [6, 6.07) is 8.22. The number of unbranched alkanes of at least 4 members (excludes halogenated alkanes) is 1. The summed E-state index contributed by atoms with van der Waals surface area (Å²) in [6.45, 7) is 1.95. The summed E-state index contributed by atoms with van der Waals surface area (Å²) in [7, 11) is 0. The molecule has 0 saturated carbocycles. The third-order valence-electron chi connectivity index (χ3n) is 5.13. The molecule has 1 aliphatic rings. The van der Waals surface area contributed by atoms with E-state index in [9.17, 15) is 4.39 Å². The minimum absolute atomic E-state index is 0.0380. The molecule has 0 bridgehead atoms. The molecule has 0 atom stereocenters. The zero-order chi connectivity index (χ0) is 22.3. The van der Waals surface area contributed by atoms with Crippen LogP contribution in [0.3, 0.4) is 0 Å². The summed E-state index contributed by atoms with van der Waals surface area (Å²) in [5.41, 5.74) is 1.34. The smallest absolute Gasteiger partial charge is 0.163 e. The van der Waals surface area contributed by atoms with E-state index in [0.29, 0.717) is 48.3 Å². The van der Waals surface area contributed by atoms with Gasteiger partial charge < -0.3 is 19.5 Å². The van der Waals surface area contributed by atoms with Gasteiger partial charge in [-0.05, 0) is 37.1 Å². The van der Waals surface area contributed by atoms with Crippen LogP contribution in [0.15, 0.2) is 36.7 Å². The summed E-state index contributed by atoms with van der Waals surface area (Å²) < 4.78 is 31.4. The molecule has 6 nitrogen and oxygen atoms in total. The first kappa shape index (κ1) is 23.0. The number of ether oxygens (including phenoxy) is 3. The Labute approximate surface area is 199 Å². The summed E-state index contributed by atoms with van der Waals surface area (Å²) in [6.07, 6.45) is 5.14. The molecule has 9 heteroatoms. The monoisotopic (exact) mass is 523 g/mol. The van der Waals surface area contributed by atoms with Crippen molar-refractivity contribution in [1.82, 2.24) is 9.97 Å². The lowest BCUT2D eigenvalue weighted by Gasteiger charge is -2.25. The van der Waals surface area contributed by atoms with Crippen LogP contribution in [-0.4, -0.2) is 41.2 Å². The number of alkyl halides is 1. The molecule has 1 N–H and O–H groups in total. The standard InChI is InChI=1S/C23H24BrClFN3O3/c24-7-1-2-8-31-21-13-20-17(12-22(21)32-16-5-9-30-10-6-16)23(28-14-27-20)29-15-3-4-19(26)18(25)11-15/h3-4,11-14,16H,1-2,5-10H2,(H,27,28,29). The van der Waals surface area contributed by atoms with E-state index < -0.39 is 5.82 Å². The first-order valence-corrected chi connectivity index (χ1v) is 12.1. The van der Waals surface area contributed by atoms with Crippen LogP contribution < -0.4 is 14.8 Å². The first-order valence-electron chi connectivity index (χ1n) is 10.6. The summed E-state index contributed by atoms with van der Waals surface area (Å²) in [5.74, 6) is 1.41. The second-order valence-corrected chi connectivity index (χ2v) is 8.67. The molecule has 1 aliphatic heterocycles. The van der Waals surface area contributed by atoms with Crippen molar-refractivity contribution < 1.29 is 18.6 Å². The number of benzene rings is 2. The van der Waals surface area contributed by atoms with Gasteiger partial charge in [-0.25, -0.2) is 14.4 Å². The predicted octanol–water partition coefficient (Wildman–Crippen LogP) is 6.28. The van der Waals surface area contributed by atoms with Crippen molar-refractivity contribution in [2.75, 3.05) is 30.5 Å². The number of nitrogens with zero attached hydrogens (tertiary/aromatic N) is 2. The maximum atomic E-state index is 13.5. The SMILES string of the molecule is Fc1ccc(Nc2ncnc3cc(OCCCCBr)c(OC4CCOCC4)cc23)cc1Cl. The van der Waals surface area contributed by atoms with Crippen molar-refractivity contribution >= 4 is 49.9 Å². The van der Waals surface area contributed by atoms with Gasteiger partial charge in [0, 0.05) is 35.3 Å². The third kappa shape index (κ3) is 5.79. The Kier molecular flexibility index (Phi) is 8.00. The number of rotatable bonds is 9. The molecule has 0 amide bonds. The summed E-state index contributed by atoms with van der Waals surface area (Å²) in [4.78, 5) is 8.79. The number of hydrogen-bond donors (Lipinski definition) is 1. The number of halogens is 3. The quantitative estimate of drug-likeness (QED) is 0.263. The number of nitrogens with one attached hydrogen (secondary N) is 1. The van der Waals surface area contributed by atoms with Gasteiger partial charge in [0.15, 0.2) is 11.5 Å². The van der Waals surface area contributed by atoms with Crippen LogP contribution in [0.5, 0.6) is 11.5 Å². The van der Waals surface area contributed by atoms with E-state index in [-0.39, 0.29) is 11.1 Å². The molecular formula is C23H24BrClFN3O3. The highest BCUT2D eigenvalue weighted by Gasteiger charge is 2.19. The van der Waals surface area contributed by atoms with E-state index in [2.05, 4.69) is 31.2 Å². The van der Waals surface area contributed by atoms with Crippen molar-refractivity contribution in [3.63, 3.8) is 0 Å². The highest BCUT2D eigenvalue weighted by molar-refractivity contribution is 9.09. The van der Waals surface area contributed by atoms with E-state index in [4.69, 9.17) is 25.8 Å². The highest BCUT2D eigenvalue weighted by atomic mass is 79.9. The van der Waals surface area contributed by atoms with Crippen LogP contribution >= 0.6 is 27.5 Å². The molecule has 4 rings (SSSR count). The van der Waals surface area contributed by atoms with Gasteiger partial charge in [0.2, 0.25) is 0 Å². The minimum atomic E-state index is -0.474. The molecular weight excluding hydrogens is 501 g/mol. The lowest BCUT2D eigenvalue weighted by molar-refractivity contribution is 0.0243. The van der Waals surface area contributed by atoms with Crippen LogP contribution in [0, 0.1) is 5.82 Å². The van der Waals surface area contributed by atoms with E-state index in [1.807, 2.05) is 12.1 Å². The molecule has 0 aliphatic carbocycles. The van der Waals surface area contributed by atoms with Gasteiger partial charge in [0.25, 0.3) is 0 Å². The van der Waals surface area contributed by atoms with Gasteiger partial charge in [0.05, 0.1) is 30.4 Å². The largest absolute Gasteiger partial charge is 0.490 e. The van der Waals surface area contributed by atoms with Gasteiger partial charge in [0.1, 0.15) is 24.1 Å². The van der Waals surface area contributed by atoms with E-state index >= 15 is 0 Å². The normalized spacial score (nSPS) is 14.5. The molecule has 170 valence electrons. The Morgan fingerprint density at radius 1 is 1.12 bits per heavy atom. The van der Waals surface area contributed by atoms with Gasteiger partial charge in [-0.15, -0.1) is 0 Å². The van der Waals surface area contributed by atoms with Crippen LogP contribution in [0.2, 0.25) is 5.02 Å². The van der Waals surface area contributed by atoms with Crippen molar-refractivity contribution in [2.24, 2.45) is 0 Å². The average molecular weight is 525 g/mol. The summed E-state index contributed by atoms with van der Waals surface area (Å²) in [5, 5.41) is 4.95. The maximum Gasteiger partial charge on any atom is 0.163 e. The fourth-order valence-electron chi connectivity index (χ4n) is 3.43. The average Bonchev–Trinajstić information content (AvgIpc) is 2.80. The molecule has 0 radical (unpaired) electrons. The second-order valence-electron chi connectivity index (χ2n) is 7.47. The summed E-state index contributed by atoms with van der Waals surface area (Å²) >= 11 is 9.37. The topological polar surface area (TPSA) is 65.5 Å². The van der Waals surface area contributed by atoms with Crippen molar-refractivity contribution in [2.45, 2.75) is 31.8 Å². The van der Waals surface area contributed by atoms with Crippen LogP contribution in [0.1, 0.15) is 25.7 Å². The van der Waals surface area contributed by atoms with Gasteiger partial charge in [-0.3, -0.25) is 0 Å². The van der Waals surface area contributed by atoms with Crippen LogP contribution in [0.4, 0.5) is 15.9 Å². The zero-order valence-corrected chi connectivity index (χ0v) is 19.8. The Balaban J connectivity index is 1.66. The molecule has 3 aromatic rings. The van der Waals surface area contributed by atoms with Crippen molar-refractivity contribution in [3.05, 3.63) is 47.5 Å². The molecule has 1 saturated heterocycles. The lowest BCUT2D eigenvalue weighted by Crippen LogP contribution is -2.26. The molecule has 1 aromatic heterocycles. The predicted molar refractivity (Wildman–Crippen MR) is 127 cm³/mol. The number of hydrogen-bond acceptors (Lipinski definition) is 6. The number of anilines is 2. The Morgan fingerprint density at radius 3 is 2.75 bits per heavy atom. The maximum absolute atomic E-state index is 13.5. The third-order valence-corrected chi connectivity index (χ3v) is 5.98. The van der Waals surface area contributed by atoms with E-state index in [1.54, 1.807) is 6.07 Å².